The molecule has 0 bridgehead atoms. The number of nitrogens with zero attached hydrogens (tertiary/aromatic N) is 1. The summed E-state index contributed by atoms with van der Waals surface area (Å²) < 4.78 is 6.89. The summed E-state index contributed by atoms with van der Waals surface area (Å²) in [5.41, 5.74) is 3.48. The summed E-state index contributed by atoms with van der Waals surface area (Å²) in [6, 6.07) is 17.8. The number of fused-ring (bicyclic) bond motifs is 2. The van der Waals surface area contributed by atoms with E-state index in [4.69, 9.17) is 4.74 Å². The van der Waals surface area contributed by atoms with E-state index in [9.17, 15) is 4.79 Å². The molecule has 0 aliphatic carbocycles. The third-order valence-corrected chi connectivity index (χ3v) is 3.91. The number of esters is 1. The molecule has 4 nitrogen and oxygen atoms in total. The Kier molecular flexibility index (Phi) is 2.76. The molecule has 22 heavy (non-hydrogen) atoms. The zero-order valence-corrected chi connectivity index (χ0v) is 12.0. The first-order chi connectivity index (χ1) is 10.8. The fourth-order valence-electron chi connectivity index (χ4n) is 2.91. The van der Waals surface area contributed by atoms with E-state index in [0.717, 1.165) is 27.5 Å². The maximum Gasteiger partial charge on any atom is 0.355 e. The number of carbonyl (C=O) groups is 1. The number of hydrogen-bond donors (Lipinski definition) is 1. The van der Waals surface area contributed by atoms with Gasteiger partial charge in [-0.25, -0.2) is 4.79 Å². The van der Waals surface area contributed by atoms with Crippen molar-refractivity contribution in [2.75, 3.05) is 7.11 Å². The fraction of sp³-hybridized carbons (Fsp3) is 0.0556. The van der Waals surface area contributed by atoms with E-state index in [1.54, 1.807) is 0 Å². The minimum atomic E-state index is -0.346. The number of H-pyrrole nitrogens is 1. The fourth-order valence-corrected chi connectivity index (χ4v) is 2.91. The first-order valence-corrected chi connectivity index (χ1v) is 7.05. The van der Waals surface area contributed by atoms with Gasteiger partial charge >= 0.3 is 5.97 Å². The largest absolute Gasteiger partial charge is 0.464 e. The second-order valence-corrected chi connectivity index (χ2v) is 5.13. The molecular weight excluding hydrogens is 276 g/mol. The highest BCUT2D eigenvalue weighted by Gasteiger charge is 2.19. The molecule has 4 aromatic rings. The van der Waals surface area contributed by atoms with Crippen molar-refractivity contribution < 1.29 is 9.53 Å². The van der Waals surface area contributed by atoms with Gasteiger partial charge < -0.3 is 14.3 Å². The molecule has 0 atom stereocenters. The predicted octanol–water partition coefficient (Wildman–Crippen LogP) is 3.90. The van der Waals surface area contributed by atoms with Gasteiger partial charge in [0.15, 0.2) is 0 Å². The van der Waals surface area contributed by atoms with Crippen molar-refractivity contribution in [3.63, 3.8) is 0 Å². The van der Waals surface area contributed by atoms with Crippen molar-refractivity contribution in [2.24, 2.45) is 0 Å². The number of methoxy groups -OCH3 is 1. The molecule has 4 heteroatoms. The van der Waals surface area contributed by atoms with Gasteiger partial charge in [0.05, 0.1) is 18.3 Å². The number of benzene rings is 2. The predicted molar refractivity (Wildman–Crippen MR) is 86.5 cm³/mol. The van der Waals surface area contributed by atoms with Gasteiger partial charge in [0, 0.05) is 22.5 Å². The summed E-state index contributed by atoms with van der Waals surface area (Å²) in [7, 11) is 1.40. The molecule has 2 heterocycles. The quantitative estimate of drug-likeness (QED) is 0.569. The molecule has 0 aliphatic rings. The zero-order valence-electron chi connectivity index (χ0n) is 12.0. The Labute approximate surface area is 126 Å². The molecule has 0 spiro atoms. The summed E-state index contributed by atoms with van der Waals surface area (Å²) in [5.74, 6) is -0.346. The van der Waals surface area contributed by atoms with Crippen LogP contribution < -0.4 is 0 Å². The summed E-state index contributed by atoms with van der Waals surface area (Å²) in [6.45, 7) is 0. The van der Waals surface area contributed by atoms with Crippen molar-refractivity contribution in [1.82, 2.24) is 9.55 Å². The van der Waals surface area contributed by atoms with Crippen LogP contribution in [-0.2, 0) is 4.74 Å². The summed E-state index contributed by atoms with van der Waals surface area (Å²) >= 11 is 0. The molecule has 0 amide bonds. The second kappa shape index (κ2) is 4.77. The highest BCUT2D eigenvalue weighted by Crippen LogP contribution is 2.29. The van der Waals surface area contributed by atoms with E-state index in [0.29, 0.717) is 5.69 Å². The van der Waals surface area contributed by atoms with Crippen LogP contribution in [0.25, 0.3) is 27.5 Å². The minimum absolute atomic E-state index is 0.346. The Morgan fingerprint density at radius 1 is 1.09 bits per heavy atom. The van der Waals surface area contributed by atoms with Gasteiger partial charge in [-0.2, -0.15) is 0 Å². The second-order valence-electron chi connectivity index (χ2n) is 5.13. The van der Waals surface area contributed by atoms with E-state index in [1.807, 2.05) is 65.4 Å². The number of para-hydroxylation sites is 2. The lowest BCUT2D eigenvalue weighted by Crippen LogP contribution is -2.08. The number of aromatic nitrogens is 2. The van der Waals surface area contributed by atoms with Crippen LogP contribution in [0.2, 0.25) is 0 Å². The van der Waals surface area contributed by atoms with E-state index in [2.05, 4.69) is 4.98 Å². The van der Waals surface area contributed by atoms with Crippen LogP contribution in [-0.4, -0.2) is 22.6 Å². The molecule has 108 valence electrons. The minimum Gasteiger partial charge on any atom is -0.464 e. The lowest BCUT2D eigenvalue weighted by Gasteiger charge is -2.08. The number of nitrogens with one attached hydrogen (secondary N) is 1. The first-order valence-electron chi connectivity index (χ1n) is 7.05. The third kappa shape index (κ3) is 1.74. The van der Waals surface area contributed by atoms with Gasteiger partial charge in [0.2, 0.25) is 0 Å². The number of ether oxygens (including phenoxy) is 1. The molecule has 1 N–H and O–H groups in total. The number of aromatic amines is 1. The van der Waals surface area contributed by atoms with Crippen molar-refractivity contribution >= 4 is 27.8 Å². The number of rotatable bonds is 2. The SMILES string of the molecule is COC(=O)c1cc2ccccc2n1-c1c[nH]c2ccccc12. The molecule has 0 aliphatic heterocycles. The standard InChI is InChI=1S/C18H14N2O2/c1-22-18(21)16-10-12-6-2-5-9-15(12)20(16)17-11-19-14-8-4-3-7-13(14)17/h2-11,19H,1H3. The van der Waals surface area contributed by atoms with Gasteiger partial charge in [-0.05, 0) is 18.2 Å². The Hall–Kier alpha value is -3.01. The molecule has 0 radical (unpaired) electrons. The molecule has 2 aromatic carbocycles. The van der Waals surface area contributed by atoms with Crippen LogP contribution >= 0.6 is 0 Å². The normalized spacial score (nSPS) is 11.1. The lowest BCUT2D eigenvalue weighted by molar-refractivity contribution is 0.0592. The first kappa shape index (κ1) is 12.7. The van der Waals surface area contributed by atoms with Gasteiger partial charge in [-0.3, -0.25) is 0 Å². The Morgan fingerprint density at radius 3 is 2.73 bits per heavy atom. The molecular formula is C18H14N2O2. The van der Waals surface area contributed by atoms with E-state index < -0.39 is 0 Å². The Morgan fingerprint density at radius 2 is 1.86 bits per heavy atom. The van der Waals surface area contributed by atoms with E-state index in [1.165, 1.54) is 7.11 Å². The van der Waals surface area contributed by atoms with Crippen LogP contribution in [0.3, 0.4) is 0 Å². The van der Waals surface area contributed by atoms with Gasteiger partial charge in [0.25, 0.3) is 0 Å². The smallest absolute Gasteiger partial charge is 0.355 e. The van der Waals surface area contributed by atoms with Crippen molar-refractivity contribution in [2.45, 2.75) is 0 Å². The van der Waals surface area contributed by atoms with E-state index in [-0.39, 0.29) is 5.97 Å². The number of carbonyl (C=O) groups excluding carboxylic acids is 1. The highest BCUT2D eigenvalue weighted by atomic mass is 16.5. The van der Waals surface area contributed by atoms with Crippen molar-refractivity contribution in [3.05, 3.63) is 66.5 Å². The summed E-state index contributed by atoms with van der Waals surface area (Å²) in [6.07, 6.45) is 1.92. The lowest BCUT2D eigenvalue weighted by atomic mass is 10.2. The molecule has 0 saturated heterocycles. The summed E-state index contributed by atoms with van der Waals surface area (Å²) in [4.78, 5) is 15.4. The Bertz CT molecular complexity index is 995. The molecule has 0 saturated carbocycles. The number of hydrogen-bond acceptors (Lipinski definition) is 2. The van der Waals surface area contributed by atoms with Crippen LogP contribution in [0.15, 0.2) is 60.8 Å². The maximum absolute atomic E-state index is 12.2. The zero-order chi connectivity index (χ0) is 15.1. The van der Waals surface area contributed by atoms with Crippen molar-refractivity contribution in [1.29, 1.82) is 0 Å². The molecule has 0 fully saturated rings. The van der Waals surface area contributed by atoms with Crippen LogP contribution in [0.5, 0.6) is 0 Å². The van der Waals surface area contributed by atoms with Crippen LogP contribution in [0.1, 0.15) is 10.5 Å². The van der Waals surface area contributed by atoms with E-state index >= 15 is 0 Å². The monoisotopic (exact) mass is 290 g/mol. The highest BCUT2D eigenvalue weighted by molar-refractivity contribution is 5.99. The van der Waals surface area contributed by atoms with Crippen molar-refractivity contribution in [3.8, 4) is 5.69 Å². The summed E-state index contributed by atoms with van der Waals surface area (Å²) in [5, 5.41) is 2.07. The molecule has 4 rings (SSSR count). The van der Waals surface area contributed by atoms with Crippen LogP contribution in [0, 0.1) is 0 Å². The Balaban J connectivity index is 2.10. The molecule has 0 unspecified atom stereocenters. The maximum atomic E-state index is 12.2. The topological polar surface area (TPSA) is 47.0 Å². The van der Waals surface area contributed by atoms with Gasteiger partial charge in [0.1, 0.15) is 5.69 Å². The van der Waals surface area contributed by atoms with Gasteiger partial charge in [-0.1, -0.05) is 36.4 Å². The molecule has 2 aromatic heterocycles. The average Bonchev–Trinajstić information content (AvgIpc) is 3.14. The van der Waals surface area contributed by atoms with Crippen LogP contribution in [0.4, 0.5) is 0 Å². The van der Waals surface area contributed by atoms with Gasteiger partial charge in [-0.15, -0.1) is 0 Å². The third-order valence-electron chi connectivity index (χ3n) is 3.91. The average molecular weight is 290 g/mol.